The number of hydrogen-bond donors (Lipinski definition) is 4. The number of nitrogens with one attached hydrogen (secondary N) is 3. The number of carbonyl (C=O) groups is 1. The van der Waals surface area contributed by atoms with Crippen LogP contribution in [0.2, 0.25) is 0 Å². The first kappa shape index (κ1) is 22.5. The van der Waals surface area contributed by atoms with Gasteiger partial charge in [0, 0.05) is 32.3 Å². The highest BCUT2D eigenvalue weighted by molar-refractivity contribution is 6.00. The molecule has 182 valence electrons. The van der Waals surface area contributed by atoms with Crippen LogP contribution < -0.4 is 16.0 Å². The molecule has 1 amide bonds. The van der Waals surface area contributed by atoms with Crippen LogP contribution in [-0.4, -0.2) is 75.0 Å². The molecule has 2 fully saturated rings. The van der Waals surface area contributed by atoms with Crippen LogP contribution in [-0.2, 0) is 4.74 Å². The van der Waals surface area contributed by atoms with Gasteiger partial charge in [0.05, 0.1) is 30.6 Å². The summed E-state index contributed by atoms with van der Waals surface area (Å²) in [5.74, 6) is -2.67. The van der Waals surface area contributed by atoms with Crippen molar-refractivity contribution in [3.63, 3.8) is 0 Å². The Hall–Kier alpha value is -3.25. The number of carbonyl (C=O) groups excluding carboxylic acids is 1. The van der Waals surface area contributed by atoms with Crippen molar-refractivity contribution >= 4 is 23.2 Å². The highest BCUT2D eigenvalue weighted by Crippen LogP contribution is 2.37. The van der Waals surface area contributed by atoms with Crippen LogP contribution in [0.15, 0.2) is 36.3 Å². The molecular formula is C22H27F2N7O3. The van der Waals surface area contributed by atoms with Crippen LogP contribution >= 0.6 is 0 Å². The molecule has 3 atom stereocenters. The monoisotopic (exact) mass is 475 g/mol. The van der Waals surface area contributed by atoms with Crippen LogP contribution in [0.1, 0.15) is 36.0 Å². The van der Waals surface area contributed by atoms with Gasteiger partial charge in [-0.25, -0.2) is 13.8 Å². The Morgan fingerprint density at radius 1 is 1.35 bits per heavy atom. The van der Waals surface area contributed by atoms with Crippen molar-refractivity contribution in [1.82, 2.24) is 24.8 Å². The van der Waals surface area contributed by atoms with E-state index in [1.165, 1.54) is 10.7 Å². The standard InChI is InChI=1S/C22H27F2N7O3/c1-25-18-10-17(27-15-5-2-8-30(21(15)33)13-4-3-9-34-12-13)29-19-14(11-26-31(18)19)20(32)28-16-6-7-22(16,23)24/h2,5,8,10-11,13,16,21,25,33H,3-4,6-7,9,12H2,1H3,(H,27,29)(H,28,32)/t13?,16-,21?/m0/s1. The van der Waals surface area contributed by atoms with E-state index < -0.39 is 24.1 Å². The maximum absolute atomic E-state index is 13.6. The first-order valence-electron chi connectivity index (χ1n) is 11.3. The summed E-state index contributed by atoms with van der Waals surface area (Å²) in [7, 11) is 1.69. The normalized spacial score (nSPS) is 26.1. The van der Waals surface area contributed by atoms with Crippen molar-refractivity contribution in [2.75, 3.05) is 30.9 Å². The third kappa shape index (κ3) is 4.07. The van der Waals surface area contributed by atoms with Gasteiger partial charge in [0.25, 0.3) is 11.8 Å². The van der Waals surface area contributed by atoms with E-state index in [1.54, 1.807) is 19.2 Å². The van der Waals surface area contributed by atoms with Gasteiger partial charge in [0.15, 0.2) is 11.9 Å². The van der Waals surface area contributed by atoms with Gasteiger partial charge in [0.2, 0.25) is 0 Å². The van der Waals surface area contributed by atoms with Crippen LogP contribution in [0.3, 0.4) is 0 Å². The molecule has 2 aliphatic heterocycles. The van der Waals surface area contributed by atoms with Gasteiger partial charge in [-0.3, -0.25) is 4.79 Å². The molecule has 1 aliphatic carbocycles. The number of anilines is 2. The summed E-state index contributed by atoms with van der Waals surface area (Å²) in [6.45, 7) is 1.26. The van der Waals surface area contributed by atoms with Crippen LogP contribution in [0.25, 0.3) is 5.65 Å². The Morgan fingerprint density at radius 3 is 2.88 bits per heavy atom. The molecule has 2 aromatic heterocycles. The molecule has 4 N–H and O–H groups in total. The van der Waals surface area contributed by atoms with Crippen molar-refractivity contribution in [1.29, 1.82) is 0 Å². The van der Waals surface area contributed by atoms with Crippen molar-refractivity contribution in [3.05, 3.63) is 41.9 Å². The topological polar surface area (TPSA) is 116 Å². The first-order chi connectivity index (χ1) is 16.4. The van der Waals surface area contributed by atoms with E-state index in [1.807, 2.05) is 17.2 Å². The molecule has 10 nitrogen and oxygen atoms in total. The largest absolute Gasteiger partial charge is 0.379 e. The summed E-state index contributed by atoms with van der Waals surface area (Å²) < 4.78 is 34.3. The highest BCUT2D eigenvalue weighted by atomic mass is 19.3. The van der Waals surface area contributed by atoms with Crippen LogP contribution in [0.5, 0.6) is 0 Å². The maximum atomic E-state index is 13.6. The second-order valence-corrected chi connectivity index (χ2v) is 8.68. The molecule has 0 spiro atoms. The van der Waals surface area contributed by atoms with E-state index in [2.05, 4.69) is 26.0 Å². The average molecular weight is 476 g/mol. The number of rotatable bonds is 6. The van der Waals surface area contributed by atoms with E-state index >= 15 is 0 Å². The third-order valence-electron chi connectivity index (χ3n) is 6.48. The summed E-state index contributed by atoms with van der Waals surface area (Å²) in [5.41, 5.74) is 0.793. The van der Waals surface area contributed by atoms with E-state index in [0.717, 1.165) is 19.4 Å². The van der Waals surface area contributed by atoms with Crippen molar-refractivity contribution < 1.29 is 23.4 Å². The summed E-state index contributed by atoms with van der Waals surface area (Å²) in [5, 5.41) is 23.7. The molecule has 2 unspecified atom stereocenters. The van der Waals surface area contributed by atoms with Gasteiger partial charge in [-0.15, -0.1) is 0 Å². The predicted octanol–water partition coefficient (Wildman–Crippen LogP) is 1.92. The average Bonchev–Trinajstić information content (AvgIpc) is 3.27. The Balaban J connectivity index is 1.39. The SMILES string of the molecule is CNc1cc(NC2=CC=CN(C3CCCOC3)C2O)nc2c(C(=O)N[C@H]3CCC3(F)F)cnn12. The molecular weight excluding hydrogens is 448 g/mol. The smallest absolute Gasteiger partial charge is 0.267 e. The van der Waals surface area contributed by atoms with E-state index in [9.17, 15) is 18.7 Å². The lowest BCUT2D eigenvalue weighted by Gasteiger charge is -2.39. The Bertz CT molecular complexity index is 1140. The zero-order chi connectivity index (χ0) is 23.9. The maximum Gasteiger partial charge on any atom is 0.267 e. The van der Waals surface area contributed by atoms with Gasteiger partial charge in [-0.2, -0.15) is 9.61 Å². The van der Waals surface area contributed by atoms with E-state index in [-0.39, 0.29) is 30.1 Å². The fourth-order valence-corrected chi connectivity index (χ4v) is 4.39. The number of aliphatic hydroxyl groups is 1. The molecule has 1 saturated heterocycles. The first-order valence-corrected chi connectivity index (χ1v) is 11.3. The Labute approximate surface area is 194 Å². The molecule has 4 heterocycles. The van der Waals surface area contributed by atoms with Gasteiger partial charge in [-0.05, 0) is 31.4 Å². The van der Waals surface area contributed by atoms with E-state index in [4.69, 9.17) is 4.74 Å². The number of alkyl halides is 2. The minimum Gasteiger partial charge on any atom is -0.379 e. The molecule has 0 aromatic carbocycles. The molecule has 0 radical (unpaired) electrons. The molecule has 1 saturated carbocycles. The number of aromatic nitrogens is 3. The second kappa shape index (κ2) is 8.84. The fraction of sp³-hybridized carbons (Fsp3) is 0.500. The number of hydrogen-bond acceptors (Lipinski definition) is 8. The number of amides is 1. The lowest BCUT2D eigenvalue weighted by molar-refractivity contribution is -0.102. The number of allylic oxidation sites excluding steroid dienone is 2. The Morgan fingerprint density at radius 2 is 2.21 bits per heavy atom. The van der Waals surface area contributed by atoms with Crippen molar-refractivity contribution in [2.24, 2.45) is 0 Å². The number of ether oxygens (including phenoxy) is 1. The number of aliphatic hydroxyl groups excluding tert-OH is 1. The molecule has 2 aromatic rings. The quantitative estimate of drug-likeness (QED) is 0.501. The summed E-state index contributed by atoms with van der Waals surface area (Å²) in [6, 6.07) is 0.550. The third-order valence-corrected chi connectivity index (χ3v) is 6.48. The fourth-order valence-electron chi connectivity index (χ4n) is 4.39. The minimum atomic E-state index is -2.90. The zero-order valence-corrected chi connectivity index (χ0v) is 18.7. The van der Waals surface area contributed by atoms with Crippen LogP contribution in [0, 0.1) is 0 Å². The van der Waals surface area contributed by atoms with Gasteiger partial charge < -0.3 is 30.7 Å². The Kier molecular flexibility index (Phi) is 5.86. The van der Waals surface area contributed by atoms with Gasteiger partial charge in [0.1, 0.15) is 17.2 Å². The number of nitrogens with zero attached hydrogens (tertiary/aromatic N) is 4. The number of fused-ring (bicyclic) bond motifs is 1. The lowest BCUT2D eigenvalue weighted by Crippen LogP contribution is -2.55. The van der Waals surface area contributed by atoms with Crippen LogP contribution in [0.4, 0.5) is 20.4 Å². The summed E-state index contributed by atoms with van der Waals surface area (Å²) in [6.07, 6.45) is 7.62. The molecule has 5 rings (SSSR count). The van der Waals surface area contributed by atoms with Crippen molar-refractivity contribution in [2.45, 2.75) is 49.9 Å². The minimum absolute atomic E-state index is 0.0589. The molecule has 0 bridgehead atoms. The molecule has 3 aliphatic rings. The van der Waals surface area contributed by atoms with Crippen molar-refractivity contribution in [3.8, 4) is 0 Å². The van der Waals surface area contributed by atoms with Gasteiger partial charge in [-0.1, -0.05) is 0 Å². The zero-order valence-electron chi connectivity index (χ0n) is 18.7. The van der Waals surface area contributed by atoms with Gasteiger partial charge >= 0.3 is 0 Å². The lowest BCUT2D eigenvalue weighted by atomic mass is 9.88. The summed E-state index contributed by atoms with van der Waals surface area (Å²) in [4.78, 5) is 19.1. The number of halogens is 2. The predicted molar refractivity (Wildman–Crippen MR) is 121 cm³/mol. The second-order valence-electron chi connectivity index (χ2n) is 8.68. The highest BCUT2D eigenvalue weighted by Gasteiger charge is 2.49. The van der Waals surface area contributed by atoms with E-state index in [0.29, 0.717) is 23.9 Å². The summed E-state index contributed by atoms with van der Waals surface area (Å²) >= 11 is 0. The molecule has 12 heteroatoms. The molecule has 34 heavy (non-hydrogen) atoms.